The zero-order valence-corrected chi connectivity index (χ0v) is 11.3. The molecule has 0 saturated carbocycles. The Hall–Kier alpha value is -1.32. The Morgan fingerprint density at radius 3 is 2.67 bits per heavy atom. The first-order valence-electron chi connectivity index (χ1n) is 6.73. The van der Waals surface area contributed by atoms with Gasteiger partial charge in [-0.05, 0) is 39.5 Å². The van der Waals surface area contributed by atoms with Crippen molar-refractivity contribution in [3.63, 3.8) is 0 Å². The predicted molar refractivity (Wildman–Crippen MR) is 70.3 cm³/mol. The fraction of sp³-hybridized carbons (Fsp3) is 0.714. The monoisotopic (exact) mass is 253 g/mol. The molecule has 1 N–H and O–H groups in total. The number of amides is 1. The standard InChI is InChI=1S/C14H23NO3/c1-3-15(11(2)9-14(17)18)13(16)10-12-7-5-4-6-8-12/h7,11H,3-6,8-10H2,1-2H3,(H,17,18). The van der Waals surface area contributed by atoms with Crippen molar-refractivity contribution in [3.8, 4) is 0 Å². The molecule has 18 heavy (non-hydrogen) atoms. The van der Waals surface area contributed by atoms with Gasteiger partial charge in [0.2, 0.25) is 5.91 Å². The molecular weight excluding hydrogens is 230 g/mol. The van der Waals surface area contributed by atoms with E-state index in [9.17, 15) is 9.59 Å². The van der Waals surface area contributed by atoms with Crippen LogP contribution in [0.15, 0.2) is 11.6 Å². The molecule has 0 radical (unpaired) electrons. The Balaban J connectivity index is 2.55. The van der Waals surface area contributed by atoms with Crippen LogP contribution < -0.4 is 0 Å². The maximum absolute atomic E-state index is 12.2. The summed E-state index contributed by atoms with van der Waals surface area (Å²) in [5.41, 5.74) is 1.22. The van der Waals surface area contributed by atoms with Crippen LogP contribution in [0, 0.1) is 0 Å². The molecule has 102 valence electrons. The molecule has 1 rings (SSSR count). The molecule has 1 amide bonds. The highest BCUT2D eigenvalue weighted by atomic mass is 16.4. The van der Waals surface area contributed by atoms with E-state index < -0.39 is 5.97 Å². The normalized spacial score (nSPS) is 16.9. The summed E-state index contributed by atoms with van der Waals surface area (Å²) >= 11 is 0. The number of carbonyl (C=O) groups excluding carboxylic acids is 1. The van der Waals surface area contributed by atoms with Crippen molar-refractivity contribution < 1.29 is 14.7 Å². The van der Waals surface area contributed by atoms with E-state index in [1.165, 1.54) is 12.0 Å². The Labute approximate surface area is 109 Å². The molecular formula is C14H23NO3. The van der Waals surface area contributed by atoms with E-state index >= 15 is 0 Å². The van der Waals surface area contributed by atoms with E-state index in [0.29, 0.717) is 13.0 Å². The molecule has 1 aliphatic rings. The fourth-order valence-corrected chi connectivity index (χ4v) is 2.46. The summed E-state index contributed by atoms with van der Waals surface area (Å²) in [5.74, 6) is -0.801. The molecule has 1 unspecified atom stereocenters. The van der Waals surface area contributed by atoms with Gasteiger partial charge in [0.05, 0.1) is 6.42 Å². The van der Waals surface area contributed by atoms with E-state index in [1.54, 1.807) is 11.8 Å². The Bertz CT molecular complexity index is 336. The lowest BCUT2D eigenvalue weighted by atomic mass is 9.96. The van der Waals surface area contributed by atoms with Gasteiger partial charge in [-0.2, -0.15) is 0 Å². The summed E-state index contributed by atoms with van der Waals surface area (Å²) in [5, 5.41) is 8.78. The molecule has 0 aromatic rings. The molecule has 0 aliphatic heterocycles. The van der Waals surface area contributed by atoms with Crippen LogP contribution in [-0.2, 0) is 9.59 Å². The van der Waals surface area contributed by atoms with Crippen LogP contribution >= 0.6 is 0 Å². The Morgan fingerprint density at radius 2 is 2.17 bits per heavy atom. The van der Waals surface area contributed by atoms with Crippen molar-refractivity contribution in [1.29, 1.82) is 0 Å². The average molecular weight is 253 g/mol. The Kier molecular flexibility index (Phi) is 5.89. The molecule has 4 nitrogen and oxygen atoms in total. The van der Waals surface area contributed by atoms with Crippen LogP contribution in [0.5, 0.6) is 0 Å². The minimum Gasteiger partial charge on any atom is -0.481 e. The van der Waals surface area contributed by atoms with Gasteiger partial charge in [-0.25, -0.2) is 0 Å². The first kappa shape index (κ1) is 14.7. The van der Waals surface area contributed by atoms with Gasteiger partial charge in [0, 0.05) is 19.0 Å². The summed E-state index contributed by atoms with van der Waals surface area (Å²) in [4.78, 5) is 24.5. The molecule has 0 spiro atoms. The first-order valence-corrected chi connectivity index (χ1v) is 6.73. The highest BCUT2D eigenvalue weighted by molar-refractivity contribution is 5.79. The summed E-state index contributed by atoms with van der Waals surface area (Å²) in [6.45, 7) is 4.26. The van der Waals surface area contributed by atoms with Crippen LogP contribution in [0.4, 0.5) is 0 Å². The summed E-state index contributed by atoms with van der Waals surface area (Å²) in [6, 6.07) is -0.232. The van der Waals surface area contributed by atoms with Gasteiger partial charge >= 0.3 is 5.97 Å². The SMILES string of the molecule is CCN(C(=O)CC1=CCCCC1)C(C)CC(=O)O. The van der Waals surface area contributed by atoms with Gasteiger partial charge in [-0.1, -0.05) is 11.6 Å². The Morgan fingerprint density at radius 1 is 1.44 bits per heavy atom. The number of aliphatic carboxylic acids is 1. The van der Waals surface area contributed by atoms with Gasteiger partial charge < -0.3 is 10.0 Å². The zero-order chi connectivity index (χ0) is 13.5. The van der Waals surface area contributed by atoms with Gasteiger partial charge in [0.15, 0.2) is 0 Å². The number of hydrogen-bond acceptors (Lipinski definition) is 2. The molecule has 0 aromatic heterocycles. The smallest absolute Gasteiger partial charge is 0.305 e. The first-order chi connectivity index (χ1) is 8.54. The van der Waals surface area contributed by atoms with E-state index in [2.05, 4.69) is 6.08 Å². The average Bonchev–Trinajstić information content (AvgIpc) is 2.30. The topological polar surface area (TPSA) is 57.6 Å². The number of allylic oxidation sites excluding steroid dienone is 1. The number of nitrogens with zero attached hydrogens (tertiary/aromatic N) is 1. The third-order valence-electron chi connectivity index (χ3n) is 3.43. The second-order valence-corrected chi connectivity index (χ2v) is 4.91. The largest absolute Gasteiger partial charge is 0.481 e. The van der Waals surface area contributed by atoms with Gasteiger partial charge in [0.1, 0.15) is 0 Å². The highest BCUT2D eigenvalue weighted by Gasteiger charge is 2.21. The van der Waals surface area contributed by atoms with Crippen LogP contribution in [0.2, 0.25) is 0 Å². The van der Waals surface area contributed by atoms with Crippen molar-refractivity contribution in [1.82, 2.24) is 4.90 Å². The molecule has 4 heteroatoms. The second kappa shape index (κ2) is 7.19. The number of hydrogen-bond donors (Lipinski definition) is 1. The lowest BCUT2D eigenvalue weighted by Gasteiger charge is -2.28. The molecule has 1 aliphatic carbocycles. The summed E-state index contributed by atoms with van der Waals surface area (Å²) in [7, 11) is 0. The van der Waals surface area contributed by atoms with Crippen LogP contribution in [0.1, 0.15) is 52.4 Å². The van der Waals surface area contributed by atoms with Crippen molar-refractivity contribution in [2.75, 3.05) is 6.54 Å². The van der Waals surface area contributed by atoms with Gasteiger partial charge in [-0.15, -0.1) is 0 Å². The van der Waals surface area contributed by atoms with Crippen LogP contribution in [0.25, 0.3) is 0 Å². The van der Waals surface area contributed by atoms with E-state index in [-0.39, 0.29) is 18.4 Å². The number of carboxylic acids is 1. The maximum Gasteiger partial charge on any atom is 0.305 e. The third kappa shape index (κ3) is 4.51. The van der Waals surface area contributed by atoms with Crippen LogP contribution in [0.3, 0.4) is 0 Å². The molecule has 0 saturated heterocycles. The second-order valence-electron chi connectivity index (χ2n) is 4.91. The number of rotatable bonds is 6. The quantitative estimate of drug-likeness (QED) is 0.740. The van der Waals surface area contributed by atoms with Crippen molar-refractivity contribution in [2.45, 2.75) is 58.4 Å². The van der Waals surface area contributed by atoms with Gasteiger partial charge in [-0.3, -0.25) is 9.59 Å². The molecule has 0 aromatic carbocycles. The lowest BCUT2D eigenvalue weighted by Crippen LogP contribution is -2.39. The molecule has 0 heterocycles. The third-order valence-corrected chi connectivity index (χ3v) is 3.43. The molecule has 0 fully saturated rings. The van der Waals surface area contributed by atoms with Crippen molar-refractivity contribution >= 4 is 11.9 Å². The van der Waals surface area contributed by atoms with Crippen LogP contribution in [-0.4, -0.2) is 34.5 Å². The van der Waals surface area contributed by atoms with E-state index in [0.717, 1.165) is 19.3 Å². The fourth-order valence-electron chi connectivity index (χ4n) is 2.46. The summed E-state index contributed by atoms with van der Waals surface area (Å²) < 4.78 is 0. The number of carboxylic acid groups (broad SMARTS) is 1. The predicted octanol–water partition coefficient (Wildman–Crippen LogP) is 2.59. The van der Waals surface area contributed by atoms with Gasteiger partial charge in [0.25, 0.3) is 0 Å². The zero-order valence-electron chi connectivity index (χ0n) is 11.3. The lowest BCUT2D eigenvalue weighted by molar-refractivity contribution is -0.140. The maximum atomic E-state index is 12.2. The number of carbonyl (C=O) groups is 2. The minimum atomic E-state index is -0.856. The summed E-state index contributed by atoms with van der Waals surface area (Å²) in [6.07, 6.45) is 7.09. The molecule has 0 bridgehead atoms. The van der Waals surface area contributed by atoms with Crippen molar-refractivity contribution in [3.05, 3.63) is 11.6 Å². The van der Waals surface area contributed by atoms with Crippen molar-refractivity contribution in [2.24, 2.45) is 0 Å². The molecule has 1 atom stereocenters. The highest BCUT2D eigenvalue weighted by Crippen LogP contribution is 2.21. The minimum absolute atomic E-state index is 0.0125. The van der Waals surface area contributed by atoms with E-state index in [4.69, 9.17) is 5.11 Å². The van der Waals surface area contributed by atoms with E-state index in [1.807, 2.05) is 6.92 Å².